The first-order valence-corrected chi connectivity index (χ1v) is 9.29. The van der Waals surface area contributed by atoms with Gasteiger partial charge in [0.25, 0.3) is 0 Å². The largest absolute Gasteiger partial charge is 0.465 e. The fraction of sp³-hybridized carbons (Fsp3) is 0.200. The Balaban J connectivity index is 2.01. The van der Waals surface area contributed by atoms with Gasteiger partial charge in [-0.2, -0.15) is 0 Å². The molecular formula is C20H21N3O2S. The number of aromatic nitrogens is 1. The van der Waals surface area contributed by atoms with Gasteiger partial charge in [0.2, 0.25) is 0 Å². The Bertz CT molecular complexity index is 931. The summed E-state index contributed by atoms with van der Waals surface area (Å²) in [6.07, 6.45) is -0.293. The second kappa shape index (κ2) is 8.49. The summed E-state index contributed by atoms with van der Waals surface area (Å²) < 4.78 is 2.19. The van der Waals surface area contributed by atoms with E-state index < -0.39 is 6.09 Å². The molecule has 0 aliphatic rings. The van der Waals surface area contributed by atoms with Crippen LogP contribution in [0.5, 0.6) is 0 Å². The number of para-hydroxylation sites is 1. The highest BCUT2D eigenvalue weighted by Crippen LogP contribution is 2.25. The zero-order valence-electron chi connectivity index (χ0n) is 14.6. The highest BCUT2D eigenvalue weighted by atomic mass is 32.1. The predicted molar refractivity (Wildman–Crippen MR) is 105 cm³/mol. The molecule has 0 aliphatic heterocycles. The fourth-order valence-electron chi connectivity index (χ4n) is 2.82. The van der Waals surface area contributed by atoms with E-state index in [1.165, 1.54) is 4.88 Å². The van der Waals surface area contributed by atoms with Gasteiger partial charge in [-0.3, -0.25) is 0 Å². The summed E-state index contributed by atoms with van der Waals surface area (Å²) in [6, 6.07) is 20.1. The lowest BCUT2D eigenvalue weighted by molar-refractivity contribution is 0.194. The van der Waals surface area contributed by atoms with Gasteiger partial charge in [0, 0.05) is 18.0 Å². The van der Waals surface area contributed by atoms with Crippen LogP contribution in [0.3, 0.4) is 0 Å². The van der Waals surface area contributed by atoms with E-state index in [-0.39, 0.29) is 0 Å². The van der Waals surface area contributed by atoms with Crippen molar-refractivity contribution in [1.29, 1.82) is 0 Å². The molecule has 1 aromatic heterocycles. The van der Waals surface area contributed by atoms with Crippen LogP contribution in [0.2, 0.25) is 0 Å². The monoisotopic (exact) mass is 367 g/mol. The minimum atomic E-state index is -0.992. The summed E-state index contributed by atoms with van der Waals surface area (Å²) >= 11 is 1.65. The Morgan fingerprint density at radius 2 is 1.77 bits per heavy atom. The molecule has 1 heterocycles. The molecular weight excluding hydrogens is 346 g/mol. The molecule has 3 aromatic rings. The van der Waals surface area contributed by atoms with Crippen molar-refractivity contribution < 1.29 is 9.90 Å². The number of nitrogens with one attached hydrogen (secondary N) is 1. The summed E-state index contributed by atoms with van der Waals surface area (Å²) in [6.45, 7) is 3.21. The van der Waals surface area contributed by atoms with Crippen molar-refractivity contribution in [3.63, 3.8) is 0 Å². The molecule has 6 heteroatoms. The summed E-state index contributed by atoms with van der Waals surface area (Å²) in [4.78, 5) is 17.6. The third kappa shape index (κ3) is 4.40. The van der Waals surface area contributed by atoms with Crippen LogP contribution in [-0.4, -0.2) is 22.3 Å². The minimum Gasteiger partial charge on any atom is -0.465 e. The van der Waals surface area contributed by atoms with Crippen molar-refractivity contribution in [3.05, 3.63) is 70.3 Å². The topological polar surface area (TPSA) is 66.6 Å². The normalized spacial score (nSPS) is 11.5. The van der Waals surface area contributed by atoms with E-state index in [1.54, 1.807) is 11.3 Å². The molecule has 2 aromatic carbocycles. The maximum atomic E-state index is 10.7. The number of rotatable bonds is 6. The number of nitrogens with zero attached hydrogens (tertiary/aromatic N) is 2. The number of thiazole rings is 1. The Kier molecular flexibility index (Phi) is 5.86. The number of carbonyl (C=O) groups is 1. The number of amides is 1. The molecule has 1 amide bonds. The highest BCUT2D eigenvalue weighted by molar-refractivity contribution is 7.09. The van der Waals surface area contributed by atoms with E-state index in [4.69, 9.17) is 10.1 Å². The molecule has 0 atom stereocenters. The Morgan fingerprint density at radius 3 is 2.42 bits per heavy atom. The van der Waals surface area contributed by atoms with Gasteiger partial charge in [-0.05, 0) is 31.0 Å². The van der Waals surface area contributed by atoms with Gasteiger partial charge in [0.1, 0.15) is 0 Å². The van der Waals surface area contributed by atoms with Crippen LogP contribution >= 0.6 is 11.3 Å². The molecule has 26 heavy (non-hydrogen) atoms. The Labute approximate surface area is 156 Å². The van der Waals surface area contributed by atoms with E-state index in [9.17, 15) is 4.79 Å². The molecule has 0 saturated heterocycles. The predicted octanol–water partition coefficient (Wildman–Crippen LogP) is 4.42. The van der Waals surface area contributed by atoms with E-state index in [2.05, 4.69) is 28.9 Å². The Morgan fingerprint density at radius 1 is 1.12 bits per heavy atom. The third-order valence-corrected chi connectivity index (χ3v) is 4.94. The maximum Gasteiger partial charge on any atom is 0.404 e. The van der Waals surface area contributed by atoms with Gasteiger partial charge in [-0.1, -0.05) is 48.5 Å². The molecule has 0 bridgehead atoms. The molecule has 0 aliphatic carbocycles. The molecule has 0 unspecified atom stereocenters. The van der Waals surface area contributed by atoms with Crippen molar-refractivity contribution in [3.8, 4) is 11.3 Å². The first kappa shape index (κ1) is 17.9. The maximum absolute atomic E-state index is 10.7. The second-order valence-corrected chi connectivity index (χ2v) is 7.02. The van der Waals surface area contributed by atoms with Crippen molar-refractivity contribution in [2.24, 2.45) is 4.99 Å². The lowest BCUT2D eigenvalue weighted by Crippen LogP contribution is -2.24. The van der Waals surface area contributed by atoms with E-state index in [0.717, 1.165) is 21.7 Å². The van der Waals surface area contributed by atoms with Crippen LogP contribution < -0.4 is 10.1 Å². The molecule has 2 N–H and O–H groups in total. The molecule has 134 valence electrons. The SMILES string of the molecule is Cc1sc(=Nc2ccccc2)n(CCCNC(=O)O)c1-c1ccccc1. The lowest BCUT2D eigenvalue weighted by Gasteiger charge is -2.10. The van der Waals surface area contributed by atoms with E-state index in [0.29, 0.717) is 19.5 Å². The van der Waals surface area contributed by atoms with Crippen molar-refractivity contribution >= 4 is 23.1 Å². The summed E-state index contributed by atoms with van der Waals surface area (Å²) in [7, 11) is 0. The zero-order chi connectivity index (χ0) is 18.4. The lowest BCUT2D eigenvalue weighted by atomic mass is 10.1. The van der Waals surface area contributed by atoms with Crippen molar-refractivity contribution in [2.75, 3.05) is 6.54 Å². The van der Waals surface area contributed by atoms with Crippen LogP contribution in [0.1, 0.15) is 11.3 Å². The van der Waals surface area contributed by atoms with Crippen molar-refractivity contribution in [1.82, 2.24) is 9.88 Å². The number of hydrogen-bond donors (Lipinski definition) is 2. The van der Waals surface area contributed by atoms with Crippen LogP contribution in [0.4, 0.5) is 10.5 Å². The standard InChI is InChI=1S/C20H21N3O2S/c1-15-18(16-9-4-2-5-10-16)23(14-8-13-21-20(24)25)19(26-15)22-17-11-6-3-7-12-17/h2-7,9-12,21H,8,13-14H2,1H3,(H,24,25). The third-order valence-electron chi connectivity index (χ3n) is 3.94. The van der Waals surface area contributed by atoms with Gasteiger partial charge in [-0.25, -0.2) is 9.79 Å². The van der Waals surface area contributed by atoms with Gasteiger partial charge in [0.05, 0.1) is 11.4 Å². The molecule has 0 fully saturated rings. The number of carboxylic acid groups (broad SMARTS) is 1. The highest BCUT2D eigenvalue weighted by Gasteiger charge is 2.12. The Hall–Kier alpha value is -2.86. The van der Waals surface area contributed by atoms with Gasteiger partial charge >= 0.3 is 6.09 Å². The fourth-order valence-corrected chi connectivity index (χ4v) is 3.86. The molecule has 0 radical (unpaired) electrons. The van der Waals surface area contributed by atoms with Gasteiger partial charge < -0.3 is 15.0 Å². The average molecular weight is 367 g/mol. The van der Waals surface area contributed by atoms with E-state index in [1.807, 2.05) is 48.5 Å². The van der Waals surface area contributed by atoms with Crippen LogP contribution in [-0.2, 0) is 6.54 Å². The van der Waals surface area contributed by atoms with Crippen LogP contribution in [0, 0.1) is 6.92 Å². The molecule has 0 spiro atoms. The molecule has 3 rings (SSSR count). The summed E-state index contributed by atoms with van der Waals surface area (Å²) in [5, 5.41) is 11.2. The summed E-state index contributed by atoms with van der Waals surface area (Å²) in [5.74, 6) is 0. The first-order chi connectivity index (χ1) is 12.6. The number of benzene rings is 2. The molecule has 5 nitrogen and oxygen atoms in total. The van der Waals surface area contributed by atoms with E-state index >= 15 is 0 Å². The minimum absolute atomic E-state index is 0.413. The van der Waals surface area contributed by atoms with Gasteiger partial charge in [-0.15, -0.1) is 11.3 Å². The smallest absolute Gasteiger partial charge is 0.404 e. The van der Waals surface area contributed by atoms with Gasteiger partial charge in [0.15, 0.2) is 4.80 Å². The first-order valence-electron chi connectivity index (χ1n) is 8.47. The average Bonchev–Trinajstić information content (AvgIpc) is 2.95. The van der Waals surface area contributed by atoms with Crippen LogP contribution in [0.15, 0.2) is 65.7 Å². The molecule has 0 saturated carbocycles. The number of hydrogen-bond acceptors (Lipinski definition) is 3. The second-order valence-electron chi connectivity index (χ2n) is 5.84. The zero-order valence-corrected chi connectivity index (χ0v) is 15.4. The van der Waals surface area contributed by atoms with Crippen LogP contribution in [0.25, 0.3) is 11.3 Å². The quantitative estimate of drug-likeness (QED) is 0.634. The van der Waals surface area contributed by atoms with Crippen molar-refractivity contribution in [2.45, 2.75) is 19.9 Å². The number of aryl methyl sites for hydroxylation is 1. The summed E-state index contributed by atoms with van der Waals surface area (Å²) in [5.41, 5.74) is 3.19.